The minimum absolute atomic E-state index is 0.102. The molecule has 0 radical (unpaired) electrons. The van der Waals surface area contributed by atoms with Crippen LogP contribution in [-0.2, 0) is 49.6 Å². The molecule has 352 valence electrons. The summed E-state index contributed by atoms with van der Waals surface area (Å²) in [7, 11) is 2.76. The summed E-state index contributed by atoms with van der Waals surface area (Å²) in [5.74, 6) is -4.21. The number of carbonyl (C=O) groups excluding carboxylic acids is 7. The van der Waals surface area contributed by atoms with Crippen molar-refractivity contribution in [3.63, 3.8) is 0 Å². The number of nitrogens with one attached hydrogen (secondary N) is 6. The number of likely N-dealkylation sites (N-methyl/N-ethyl adjacent to an activating group) is 2. The van der Waals surface area contributed by atoms with Gasteiger partial charge in [-0.05, 0) is 37.6 Å². The second-order valence-electron chi connectivity index (χ2n) is 15.7. The van der Waals surface area contributed by atoms with Gasteiger partial charge in [-0.3, -0.25) is 38.5 Å². The third-order valence-corrected chi connectivity index (χ3v) is 10.4. The zero-order valence-corrected chi connectivity index (χ0v) is 36.2. The number of aliphatic hydroxyl groups is 4. The molecule has 1 saturated heterocycles. The lowest BCUT2D eigenvalue weighted by Gasteiger charge is -2.42. The molecule has 7 amide bonds. The van der Waals surface area contributed by atoms with E-state index in [-0.39, 0.29) is 37.9 Å². The lowest BCUT2D eigenvalue weighted by molar-refractivity contribution is -0.194. The molecule has 2 aliphatic heterocycles. The zero-order chi connectivity index (χ0) is 47.5. The number of carbonyl (C=O) groups is 7. The second kappa shape index (κ2) is 22.4. The van der Waals surface area contributed by atoms with Crippen molar-refractivity contribution in [2.75, 3.05) is 51.0 Å². The normalized spacial score (nSPS) is 21.0. The Kier molecular flexibility index (Phi) is 17.1. The molecule has 2 aliphatic rings. The van der Waals surface area contributed by atoms with Crippen LogP contribution < -0.4 is 26.6 Å². The van der Waals surface area contributed by atoms with Gasteiger partial charge < -0.3 is 66.4 Å². The van der Waals surface area contributed by atoms with Crippen molar-refractivity contribution in [2.24, 2.45) is 5.92 Å². The van der Waals surface area contributed by atoms with Gasteiger partial charge in [-0.15, -0.1) is 0 Å². The summed E-state index contributed by atoms with van der Waals surface area (Å²) in [4.78, 5) is 106. The van der Waals surface area contributed by atoms with Gasteiger partial charge in [-0.1, -0.05) is 26.0 Å². The first-order valence-electron chi connectivity index (χ1n) is 20.5. The molecule has 5 rings (SSSR count). The summed E-state index contributed by atoms with van der Waals surface area (Å²) < 4.78 is 11.3. The molecule has 65 heavy (non-hydrogen) atoms. The van der Waals surface area contributed by atoms with E-state index in [2.05, 4.69) is 46.5 Å². The maximum Gasteiger partial charge on any atom is 0.253 e. The summed E-state index contributed by atoms with van der Waals surface area (Å²) in [6.45, 7) is 3.13. The molecule has 25 heteroatoms. The quantitative estimate of drug-likeness (QED) is 0.0366. The molecule has 4 heterocycles. The maximum absolute atomic E-state index is 13.0. The smallest absolute Gasteiger partial charge is 0.253 e. The Morgan fingerprint density at radius 1 is 0.923 bits per heavy atom. The third kappa shape index (κ3) is 13.1. The molecule has 1 unspecified atom stereocenters. The summed E-state index contributed by atoms with van der Waals surface area (Å²) in [5.41, 5.74) is 1.72. The van der Waals surface area contributed by atoms with E-state index in [0.29, 0.717) is 22.4 Å². The van der Waals surface area contributed by atoms with Crippen LogP contribution >= 0.6 is 0 Å². The standard InChI is InChI=1S/C40H54N12O13/c1-20(2)30(47-25(54)12-13-52-27(56)10-11-28(52)57)38(62)45-21(3)37(61)46-23-8-6-22(7-9-23)17-64-40(63)51(5)15-29(58)50(4)14-26(55)48-31-24(16-53)65-39(34(60)33(31)59)49-36-32-35(42-18-41-32)43-19-44-36/h6-11,18-21,24,30-31,33-34,39-40,53,59-60,63H,12-17H2,1-5H3,(H,45,62)(H,46,61)(H,47,54)(H,48,55)(H2,41,42,43,44,49)/t21-,24-,30-,31-,33+,34-,39-,40?/m0/s1. The number of aromatic nitrogens is 4. The van der Waals surface area contributed by atoms with Crippen molar-refractivity contribution in [3.8, 4) is 0 Å². The Bertz CT molecular complexity index is 2200. The average molecular weight is 911 g/mol. The molecule has 10 N–H and O–H groups in total. The fourth-order valence-corrected chi connectivity index (χ4v) is 6.62. The Labute approximate surface area is 371 Å². The molecule has 0 bridgehead atoms. The monoisotopic (exact) mass is 910 g/mol. The highest BCUT2D eigenvalue weighted by molar-refractivity contribution is 6.13. The minimum Gasteiger partial charge on any atom is -0.394 e. The van der Waals surface area contributed by atoms with Crippen molar-refractivity contribution in [2.45, 2.75) is 82.9 Å². The predicted octanol–water partition coefficient (Wildman–Crippen LogP) is -3.53. The molecular formula is C40H54N12O13. The van der Waals surface area contributed by atoms with Crippen LogP contribution in [-0.4, -0.2) is 186 Å². The number of imide groups is 1. The van der Waals surface area contributed by atoms with Crippen LogP contribution in [0.25, 0.3) is 11.2 Å². The van der Waals surface area contributed by atoms with Gasteiger partial charge in [0.05, 0.1) is 38.7 Å². The van der Waals surface area contributed by atoms with Gasteiger partial charge in [-0.25, -0.2) is 19.9 Å². The lowest BCUT2D eigenvalue weighted by atomic mass is 9.95. The molecule has 0 aliphatic carbocycles. The third-order valence-electron chi connectivity index (χ3n) is 10.4. The number of amides is 7. The van der Waals surface area contributed by atoms with Gasteiger partial charge >= 0.3 is 0 Å². The second-order valence-corrected chi connectivity index (χ2v) is 15.7. The predicted molar refractivity (Wildman–Crippen MR) is 226 cm³/mol. The van der Waals surface area contributed by atoms with Gasteiger partial charge in [0, 0.05) is 37.9 Å². The van der Waals surface area contributed by atoms with E-state index in [1.54, 1.807) is 38.1 Å². The Hall–Kier alpha value is -6.48. The van der Waals surface area contributed by atoms with Crippen molar-refractivity contribution in [1.82, 2.24) is 50.6 Å². The van der Waals surface area contributed by atoms with E-state index in [1.807, 2.05) is 0 Å². The Morgan fingerprint density at radius 2 is 1.62 bits per heavy atom. The van der Waals surface area contributed by atoms with Crippen molar-refractivity contribution >= 4 is 64.0 Å². The van der Waals surface area contributed by atoms with Crippen LogP contribution in [0.2, 0.25) is 0 Å². The van der Waals surface area contributed by atoms with Gasteiger partial charge in [0.25, 0.3) is 11.8 Å². The van der Waals surface area contributed by atoms with Crippen molar-refractivity contribution < 1.29 is 63.5 Å². The van der Waals surface area contributed by atoms with Gasteiger partial charge in [0.1, 0.15) is 42.2 Å². The average Bonchev–Trinajstić information content (AvgIpc) is 3.89. The number of anilines is 2. The molecule has 1 fully saturated rings. The minimum atomic E-state index is -1.60. The number of ether oxygens (including phenoxy) is 2. The SMILES string of the molecule is CC(C)[C@H](NC(=O)CCN1C(=O)C=CC1=O)C(=O)N[C@@H](C)C(=O)Nc1ccc(COC(O)N(C)CC(=O)N(C)CC(=O)N[C@@H]2[C@@H](O)[C@H](O)[C@@H](Nc3ncnc4nc[nH]c34)O[C@H]2CO)cc1. The summed E-state index contributed by atoms with van der Waals surface area (Å²) in [5, 5.41) is 55.6. The largest absolute Gasteiger partial charge is 0.394 e. The number of imidazole rings is 1. The molecule has 1 aromatic carbocycles. The first-order valence-corrected chi connectivity index (χ1v) is 20.5. The lowest BCUT2D eigenvalue weighted by Crippen LogP contribution is -2.66. The highest BCUT2D eigenvalue weighted by atomic mass is 16.6. The van der Waals surface area contributed by atoms with E-state index < -0.39 is 104 Å². The number of aliphatic hydroxyl groups excluding tert-OH is 4. The summed E-state index contributed by atoms with van der Waals surface area (Å²) in [6.07, 6.45) is -2.51. The number of hydrogen-bond donors (Lipinski definition) is 10. The van der Waals surface area contributed by atoms with E-state index in [1.165, 1.54) is 38.6 Å². The van der Waals surface area contributed by atoms with Crippen LogP contribution in [0.15, 0.2) is 49.1 Å². The Balaban J connectivity index is 1.01. The van der Waals surface area contributed by atoms with E-state index in [9.17, 15) is 54.0 Å². The highest BCUT2D eigenvalue weighted by Gasteiger charge is 2.45. The van der Waals surface area contributed by atoms with E-state index in [4.69, 9.17) is 9.47 Å². The topological polar surface area (TPSA) is 343 Å². The number of fused-ring (bicyclic) bond motifs is 1. The van der Waals surface area contributed by atoms with E-state index in [0.717, 1.165) is 22.0 Å². The number of H-pyrrole nitrogens is 1. The molecule has 2 aromatic heterocycles. The molecular weight excluding hydrogens is 857 g/mol. The van der Waals surface area contributed by atoms with Crippen LogP contribution in [0.3, 0.4) is 0 Å². The van der Waals surface area contributed by atoms with Crippen molar-refractivity contribution in [1.29, 1.82) is 0 Å². The number of benzene rings is 1. The Morgan fingerprint density at radius 3 is 2.28 bits per heavy atom. The number of rotatable bonds is 21. The van der Waals surface area contributed by atoms with Crippen molar-refractivity contribution in [3.05, 3.63) is 54.6 Å². The van der Waals surface area contributed by atoms with Gasteiger partial charge in [0.2, 0.25) is 35.9 Å². The van der Waals surface area contributed by atoms with Gasteiger partial charge in [-0.2, -0.15) is 0 Å². The fourth-order valence-electron chi connectivity index (χ4n) is 6.62. The molecule has 3 aromatic rings. The summed E-state index contributed by atoms with van der Waals surface area (Å²) in [6, 6.07) is 3.12. The molecule has 25 nitrogen and oxygen atoms in total. The number of hydrogen-bond acceptors (Lipinski definition) is 18. The maximum atomic E-state index is 13.0. The van der Waals surface area contributed by atoms with Crippen LogP contribution in [0.1, 0.15) is 32.8 Å². The molecule has 0 spiro atoms. The first kappa shape index (κ1) is 49.5. The highest BCUT2D eigenvalue weighted by Crippen LogP contribution is 2.25. The van der Waals surface area contributed by atoms with Gasteiger partial charge in [0.15, 0.2) is 17.7 Å². The van der Waals surface area contributed by atoms with E-state index >= 15 is 0 Å². The first-order chi connectivity index (χ1) is 30.9. The zero-order valence-electron chi connectivity index (χ0n) is 36.2. The van der Waals surface area contributed by atoms with Crippen LogP contribution in [0, 0.1) is 5.92 Å². The fraction of sp³-hybridized carbons (Fsp3) is 0.500. The van der Waals surface area contributed by atoms with Crippen LogP contribution in [0.5, 0.6) is 0 Å². The van der Waals surface area contributed by atoms with Crippen LogP contribution in [0.4, 0.5) is 11.5 Å². The number of nitrogens with zero attached hydrogens (tertiary/aromatic N) is 6. The number of aromatic amines is 1. The summed E-state index contributed by atoms with van der Waals surface area (Å²) >= 11 is 0. The molecule has 0 saturated carbocycles. The molecule has 8 atom stereocenters.